The van der Waals surface area contributed by atoms with Gasteiger partial charge in [-0.1, -0.05) is 0 Å². The zero-order valence-corrected chi connectivity index (χ0v) is 19.2. The van der Waals surface area contributed by atoms with E-state index in [4.69, 9.17) is 0 Å². The first-order chi connectivity index (χ1) is 15.4. The molecule has 3 amide bonds. The summed E-state index contributed by atoms with van der Waals surface area (Å²) in [5.41, 5.74) is 0. The number of likely N-dealkylation sites (tertiary alicyclic amines) is 1. The first-order valence-electron chi connectivity index (χ1n) is 10.5. The summed E-state index contributed by atoms with van der Waals surface area (Å²) < 4.78 is 67.5. The van der Waals surface area contributed by atoms with Crippen LogP contribution in [0.4, 0.5) is 18.0 Å². The molecule has 0 bridgehead atoms. The van der Waals surface area contributed by atoms with Crippen LogP contribution < -0.4 is 4.74 Å². The maximum absolute atomic E-state index is 12.9. The van der Waals surface area contributed by atoms with Crippen molar-refractivity contribution < 1.29 is 35.9 Å². The number of ether oxygens (including phenoxy) is 1. The van der Waals surface area contributed by atoms with E-state index >= 15 is 0 Å². The summed E-state index contributed by atoms with van der Waals surface area (Å²) in [5, 5.41) is 0. The van der Waals surface area contributed by atoms with E-state index in [1.54, 1.807) is 23.9 Å². The third-order valence-corrected chi connectivity index (χ3v) is 7.66. The molecule has 184 valence electrons. The van der Waals surface area contributed by atoms with Gasteiger partial charge in [-0.25, -0.2) is 13.2 Å². The molecule has 0 saturated carbocycles. The van der Waals surface area contributed by atoms with Gasteiger partial charge in [0.05, 0.1) is 4.90 Å². The number of hydrogen-bond donors (Lipinski definition) is 0. The molecule has 0 spiro atoms. The van der Waals surface area contributed by atoms with Crippen molar-refractivity contribution in [2.45, 2.75) is 24.1 Å². The molecule has 0 aliphatic carbocycles. The van der Waals surface area contributed by atoms with E-state index in [1.807, 2.05) is 0 Å². The number of nitrogens with zero attached hydrogens (tertiary/aromatic N) is 4. The van der Waals surface area contributed by atoms with Crippen LogP contribution in [0, 0.1) is 5.92 Å². The molecule has 1 aromatic rings. The predicted octanol–water partition coefficient (Wildman–Crippen LogP) is 1.81. The second kappa shape index (κ2) is 9.75. The Kier molecular flexibility index (Phi) is 7.42. The minimum Gasteiger partial charge on any atom is -0.406 e. The van der Waals surface area contributed by atoms with Crippen LogP contribution in [-0.2, 0) is 14.8 Å². The number of halogens is 3. The number of carbonyl (C=O) groups is 2. The fourth-order valence-corrected chi connectivity index (χ4v) is 5.39. The molecule has 0 radical (unpaired) electrons. The number of piperidine rings is 1. The van der Waals surface area contributed by atoms with Gasteiger partial charge in [-0.15, -0.1) is 13.2 Å². The Labute approximate surface area is 190 Å². The Morgan fingerprint density at radius 3 is 1.97 bits per heavy atom. The first-order valence-corrected chi connectivity index (χ1v) is 11.9. The van der Waals surface area contributed by atoms with E-state index in [0.29, 0.717) is 25.9 Å². The molecule has 2 fully saturated rings. The van der Waals surface area contributed by atoms with Crippen LogP contribution >= 0.6 is 0 Å². The lowest BCUT2D eigenvalue weighted by Gasteiger charge is -2.38. The smallest absolute Gasteiger partial charge is 0.406 e. The topological polar surface area (TPSA) is 90.5 Å². The summed E-state index contributed by atoms with van der Waals surface area (Å²) in [6.07, 6.45) is -3.74. The van der Waals surface area contributed by atoms with Crippen LogP contribution in [0.3, 0.4) is 0 Å². The van der Waals surface area contributed by atoms with Crippen molar-refractivity contribution in [2.75, 3.05) is 53.4 Å². The van der Waals surface area contributed by atoms with Crippen LogP contribution in [-0.4, -0.2) is 99.1 Å². The van der Waals surface area contributed by atoms with Gasteiger partial charge in [0, 0.05) is 59.3 Å². The quantitative estimate of drug-likeness (QED) is 0.640. The summed E-state index contributed by atoms with van der Waals surface area (Å²) in [6, 6.07) is 3.95. The fourth-order valence-electron chi connectivity index (χ4n) is 3.97. The molecule has 1 aromatic carbocycles. The first kappa shape index (κ1) is 25.1. The fraction of sp³-hybridized carbons (Fsp3) is 0.600. The number of amides is 3. The highest BCUT2D eigenvalue weighted by Crippen LogP contribution is 2.26. The van der Waals surface area contributed by atoms with E-state index < -0.39 is 22.1 Å². The Bertz CT molecular complexity index is 953. The summed E-state index contributed by atoms with van der Waals surface area (Å²) in [7, 11) is -0.555. The van der Waals surface area contributed by atoms with Crippen LogP contribution in [0.25, 0.3) is 0 Å². The van der Waals surface area contributed by atoms with Crippen LogP contribution in [0.2, 0.25) is 0 Å². The Hall–Kier alpha value is -2.54. The zero-order chi connectivity index (χ0) is 24.4. The van der Waals surface area contributed by atoms with Gasteiger partial charge in [-0.2, -0.15) is 4.31 Å². The minimum atomic E-state index is -4.86. The van der Waals surface area contributed by atoms with Crippen molar-refractivity contribution >= 4 is 22.0 Å². The highest BCUT2D eigenvalue weighted by molar-refractivity contribution is 7.89. The van der Waals surface area contributed by atoms with Crippen molar-refractivity contribution in [3.8, 4) is 5.75 Å². The number of urea groups is 1. The zero-order valence-electron chi connectivity index (χ0n) is 18.4. The summed E-state index contributed by atoms with van der Waals surface area (Å²) >= 11 is 0. The summed E-state index contributed by atoms with van der Waals surface area (Å²) in [5.74, 6) is -0.756. The normalized spacial score (nSPS) is 18.8. The van der Waals surface area contributed by atoms with Crippen molar-refractivity contribution in [3.05, 3.63) is 24.3 Å². The lowest BCUT2D eigenvalue weighted by atomic mass is 9.95. The van der Waals surface area contributed by atoms with E-state index in [1.165, 1.54) is 9.21 Å². The highest BCUT2D eigenvalue weighted by Gasteiger charge is 2.35. The van der Waals surface area contributed by atoms with Crippen molar-refractivity contribution in [1.82, 2.24) is 19.0 Å². The van der Waals surface area contributed by atoms with Gasteiger partial charge in [0.1, 0.15) is 5.75 Å². The highest BCUT2D eigenvalue weighted by atomic mass is 32.2. The third kappa shape index (κ3) is 6.08. The van der Waals surface area contributed by atoms with Crippen molar-refractivity contribution in [3.63, 3.8) is 0 Å². The second-order valence-corrected chi connectivity index (χ2v) is 10.1. The molecule has 0 N–H and O–H groups in total. The predicted molar refractivity (Wildman–Crippen MR) is 112 cm³/mol. The van der Waals surface area contributed by atoms with Gasteiger partial charge in [-0.3, -0.25) is 4.79 Å². The van der Waals surface area contributed by atoms with Gasteiger partial charge in [0.2, 0.25) is 15.9 Å². The van der Waals surface area contributed by atoms with Gasteiger partial charge in [0.25, 0.3) is 0 Å². The van der Waals surface area contributed by atoms with Gasteiger partial charge >= 0.3 is 12.4 Å². The van der Waals surface area contributed by atoms with Crippen LogP contribution in [0.15, 0.2) is 29.2 Å². The molecule has 13 heteroatoms. The van der Waals surface area contributed by atoms with E-state index in [-0.39, 0.29) is 48.9 Å². The van der Waals surface area contributed by atoms with E-state index in [9.17, 15) is 31.2 Å². The Balaban J connectivity index is 1.54. The molecule has 2 aliphatic heterocycles. The van der Waals surface area contributed by atoms with E-state index in [0.717, 1.165) is 24.3 Å². The van der Waals surface area contributed by atoms with Crippen LogP contribution in [0.5, 0.6) is 5.75 Å². The number of sulfonamides is 1. The maximum Gasteiger partial charge on any atom is 0.573 e. The molecule has 9 nitrogen and oxygen atoms in total. The maximum atomic E-state index is 12.9. The number of carbonyl (C=O) groups excluding carboxylic acids is 2. The van der Waals surface area contributed by atoms with E-state index in [2.05, 4.69) is 4.74 Å². The third-order valence-electron chi connectivity index (χ3n) is 5.74. The van der Waals surface area contributed by atoms with Gasteiger partial charge in [0.15, 0.2) is 0 Å². The number of alkyl halides is 3. The minimum absolute atomic E-state index is 0.0438. The lowest BCUT2D eigenvalue weighted by Crippen LogP contribution is -2.53. The number of benzene rings is 1. The Morgan fingerprint density at radius 2 is 1.48 bits per heavy atom. The number of rotatable bonds is 4. The second-order valence-electron chi connectivity index (χ2n) is 8.19. The standard InChI is InChI=1S/C20H27F3N4O5S/c1-24(2)19(29)26-9-7-15(8-10-26)18(28)25-11-13-27(14-12-25)33(30,31)17-5-3-16(4-6-17)32-20(21,22)23/h3-6,15H,7-14H2,1-2H3. The molecule has 2 saturated heterocycles. The number of piperazine rings is 1. The molecule has 2 heterocycles. The molecular weight excluding hydrogens is 465 g/mol. The molecule has 0 atom stereocenters. The van der Waals surface area contributed by atoms with Gasteiger partial charge < -0.3 is 19.4 Å². The largest absolute Gasteiger partial charge is 0.573 e. The Morgan fingerprint density at radius 1 is 0.939 bits per heavy atom. The molecular formula is C20H27F3N4O5S. The molecule has 2 aliphatic rings. The van der Waals surface area contributed by atoms with Crippen molar-refractivity contribution in [2.24, 2.45) is 5.92 Å². The van der Waals surface area contributed by atoms with Crippen molar-refractivity contribution in [1.29, 1.82) is 0 Å². The summed E-state index contributed by atoms with van der Waals surface area (Å²) in [4.78, 5) is 29.6. The SMILES string of the molecule is CN(C)C(=O)N1CCC(C(=O)N2CCN(S(=O)(=O)c3ccc(OC(F)(F)F)cc3)CC2)CC1. The molecule has 0 aromatic heterocycles. The monoisotopic (exact) mass is 492 g/mol. The molecule has 3 rings (SSSR count). The van der Waals surface area contributed by atoms with Gasteiger partial charge in [-0.05, 0) is 37.1 Å². The molecule has 33 heavy (non-hydrogen) atoms. The molecule has 0 unspecified atom stereocenters. The average Bonchev–Trinajstić information content (AvgIpc) is 2.77. The average molecular weight is 493 g/mol. The summed E-state index contributed by atoms with van der Waals surface area (Å²) in [6.45, 7) is 1.62. The van der Waals surface area contributed by atoms with Crippen LogP contribution in [0.1, 0.15) is 12.8 Å². The lowest BCUT2D eigenvalue weighted by molar-refractivity contribution is -0.274. The number of hydrogen-bond acceptors (Lipinski definition) is 5.